The minimum absolute atomic E-state index is 0.0409. The van der Waals surface area contributed by atoms with Crippen molar-refractivity contribution in [3.05, 3.63) is 124 Å². The van der Waals surface area contributed by atoms with E-state index in [1.807, 2.05) is 61.5 Å². The van der Waals surface area contributed by atoms with Crippen LogP contribution in [-0.2, 0) is 17.8 Å². The fraction of sp³-hybridized carbons (Fsp3) is 0.206. The zero-order valence-electron chi connectivity index (χ0n) is 23.4. The van der Waals surface area contributed by atoms with Gasteiger partial charge < -0.3 is 20.1 Å². The van der Waals surface area contributed by atoms with Crippen molar-refractivity contribution in [2.45, 2.75) is 26.3 Å². The molecule has 0 radical (unpaired) electrons. The fourth-order valence-electron chi connectivity index (χ4n) is 4.71. The van der Waals surface area contributed by atoms with Gasteiger partial charge in [-0.25, -0.2) is 0 Å². The summed E-state index contributed by atoms with van der Waals surface area (Å²) in [5, 5.41) is 12.9. The lowest BCUT2D eigenvalue weighted by molar-refractivity contribution is -0.137. The van der Waals surface area contributed by atoms with Crippen LogP contribution in [0.1, 0.15) is 45.2 Å². The van der Waals surface area contributed by atoms with Crippen LogP contribution < -0.4 is 10.1 Å². The van der Waals surface area contributed by atoms with E-state index in [2.05, 4.69) is 5.32 Å². The highest BCUT2D eigenvalue weighted by Crippen LogP contribution is 2.29. The van der Waals surface area contributed by atoms with Gasteiger partial charge in [-0.3, -0.25) is 14.4 Å². The molecule has 0 atom stereocenters. The van der Waals surface area contributed by atoms with E-state index in [4.69, 9.17) is 16.3 Å². The van der Waals surface area contributed by atoms with E-state index in [-0.39, 0.29) is 31.3 Å². The fourth-order valence-corrected chi connectivity index (χ4v) is 4.91. The molecule has 0 spiro atoms. The summed E-state index contributed by atoms with van der Waals surface area (Å²) in [4.78, 5) is 40.3. The van der Waals surface area contributed by atoms with Gasteiger partial charge in [0.15, 0.2) is 0 Å². The van der Waals surface area contributed by atoms with Crippen LogP contribution in [0.4, 0.5) is 0 Å². The lowest BCUT2D eigenvalue weighted by Gasteiger charge is -2.24. The monoisotopic (exact) mass is 584 g/mol. The average molecular weight is 585 g/mol. The Morgan fingerprint density at radius 2 is 1.38 bits per heavy atom. The Labute approximate surface area is 250 Å². The maximum Gasteiger partial charge on any atom is 0.305 e. The minimum atomic E-state index is -0.990. The molecule has 216 valence electrons. The normalized spacial score (nSPS) is 10.6. The van der Waals surface area contributed by atoms with Crippen LogP contribution in [-0.4, -0.2) is 47.5 Å². The van der Waals surface area contributed by atoms with E-state index < -0.39 is 5.97 Å². The molecular weight excluding hydrogens is 552 g/mol. The molecule has 8 heteroatoms. The number of ether oxygens (including phenoxy) is 1. The molecule has 4 aromatic carbocycles. The number of carbonyl (C=O) groups excluding carboxylic acids is 2. The Hall–Kier alpha value is -4.62. The van der Waals surface area contributed by atoms with Crippen molar-refractivity contribution in [1.29, 1.82) is 0 Å². The number of carbonyl (C=O) groups is 3. The first-order valence-electron chi connectivity index (χ1n) is 13.8. The summed E-state index contributed by atoms with van der Waals surface area (Å²) in [6.45, 7) is 3.01. The SMILES string of the molecule is CCOc1ccccc1CCN(CCC(=O)O)C(=O)c1ccccc1-c1ccccc1C(=O)NCc1ccccc1Cl. The third kappa shape index (κ3) is 7.77. The van der Waals surface area contributed by atoms with Gasteiger partial charge in [-0.2, -0.15) is 0 Å². The zero-order chi connectivity index (χ0) is 29.9. The third-order valence-electron chi connectivity index (χ3n) is 6.82. The number of aliphatic carboxylic acids is 1. The van der Waals surface area contributed by atoms with Gasteiger partial charge in [0.2, 0.25) is 0 Å². The molecule has 0 heterocycles. The molecule has 0 unspecified atom stereocenters. The number of carboxylic acid groups (broad SMARTS) is 1. The molecule has 0 aliphatic carbocycles. The summed E-state index contributed by atoms with van der Waals surface area (Å²) in [5.41, 5.74) is 3.70. The van der Waals surface area contributed by atoms with Crippen LogP contribution in [0.5, 0.6) is 5.75 Å². The van der Waals surface area contributed by atoms with Gasteiger partial charge in [0.1, 0.15) is 5.75 Å². The first-order valence-corrected chi connectivity index (χ1v) is 14.2. The predicted molar refractivity (Wildman–Crippen MR) is 164 cm³/mol. The molecule has 7 nitrogen and oxygen atoms in total. The molecule has 2 N–H and O–H groups in total. The van der Waals surface area contributed by atoms with Gasteiger partial charge in [-0.1, -0.05) is 84.4 Å². The van der Waals surface area contributed by atoms with Gasteiger partial charge >= 0.3 is 5.97 Å². The summed E-state index contributed by atoms with van der Waals surface area (Å²) < 4.78 is 5.74. The van der Waals surface area contributed by atoms with Crippen molar-refractivity contribution in [2.75, 3.05) is 19.7 Å². The zero-order valence-corrected chi connectivity index (χ0v) is 24.1. The molecule has 0 bridgehead atoms. The first-order chi connectivity index (χ1) is 20.4. The first kappa shape index (κ1) is 30.3. The van der Waals surface area contributed by atoms with Crippen LogP contribution in [0.15, 0.2) is 97.1 Å². The molecular formula is C34H33ClN2O5. The predicted octanol–water partition coefficient (Wildman–Crippen LogP) is 6.50. The van der Waals surface area contributed by atoms with Gasteiger partial charge in [-0.15, -0.1) is 0 Å². The van der Waals surface area contributed by atoms with Gasteiger partial charge in [0.05, 0.1) is 13.0 Å². The summed E-state index contributed by atoms with van der Waals surface area (Å²) in [5.74, 6) is -0.867. The number of para-hydroxylation sites is 1. The second kappa shape index (κ2) is 14.8. The van der Waals surface area contributed by atoms with E-state index in [0.717, 1.165) is 16.9 Å². The number of nitrogens with zero attached hydrogens (tertiary/aromatic N) is 1. The highest BCUT2D eigenvalue weighted by Gasteiger charge is 2.23. The standard InChI is InChI=1S/C34H33ClN2O5/c1-2-42-31-18-10-4-11-24(31)19-21-37(22-20-32(38)39)34(41)29-16-8-6-14-27(29)26-13-5-7-15-28(26)33(40)36-23-25-12-3-9-17-30(25)35/h3-18H,2,19-23H2,1H3,(H,36,40)(H,38,39). The van der Waals surface area contributed by atoms with Crippen LogP contribution in [0.3, 0.4) is 0 Å². The van der Waals surface area contributed by atoms with Crippen molar-refractivity contribution in [1.82, 2.24) is 10.2 Å². The van der Waals surface area contributed by atoms with E-state index >= 15 is 0 Å². The number of benzene rings is 4. The van der Waals surface area contributed by atoms with Crippen molar-refractivity contribution in [3.8, 4) is 16.9 Å². The number of hydrogen-bond acceptors (Lipinski definition) is 4. The van der Waals surface area contributed by atoms with Crippen molar-refractivity contribution in [2.24, 2.45) is 0 Å². The van der Waals surface area contributed by atoms with Crippen molar-refractivity contribution < 1.29 is 24.2 Å². The van der Waals surface area contributed by atoms with Crippen LogP contribution in [0.2, 0.25) is 5.02 Å². The maximum absolute atomic E-state index is 14.0. The highest BCUT2D eigenvalue weighted by molar-refractivity contribution is 6.31. The number of hydrogen-bond donors (Lipinski definition) is 2. The van der Waals surface area contributed by atoms with E-state index in [0.29, 0.717) is 46.8 Å². The number of rotatable bonds is 13. The average Bonchev–Trinajstić information content (AvgIpc) is 3.01. The summed E-state index contributed by atoms with van der Waals surface area (Å²) in [6, 6.07) is 29.1. The molecule has 2 amide bonds. The number of nitrogens with one attached hydrogen (secondary N) is 1. The lowest BCUT2D eigenvalue weighted by atomic mass is 9.94. The van der Waals surface area contributed by atoms with Crippen LogP contribution >= 0.6 is 11.6 Å². The van der Waals surface area contributed by atoms with E-state index in [1.165, 1.54) is 0 Å². The highest BCUT2D eigenvalue weighted by atomic mass is 35.5. The van der Waals surface area contributed by atoms with Gasteiger partial charge in [-0.05, 0) is 59.9 Å². The van der Waals surface area contributed by atoms with Crippen LogP contribution in [0.25, 0.3) is 11.1 Å². The summed E-state index contributed by atoms with van der Waals surface area (Å²) >= 11 is 6.26. The smallest absolute Gasteiger partial charge is 0.305 e. The van der Waals surface area contributed by atoms with E-state index in [1.54, 1.807) is 47.4 Å². The van der Waals surface area contributed by atoms with Crippen molar-refractivity contribution in [3.63, 3.8) is 0 Å². The molecule has 0 saturated carbocycles. The molecule has 0 aromatic heterocycles. The molecule has 4 rings (SSSR count). The molecule has 0 saturated heterocycles. The third-order valence-corrected chi connectivity index (χ3v) is 7.19. The lowest BCUT2D eigenvalue weighted by Crippen LogP contribution is -2.35. The van der Waals surface area contributed by atoms with Gasteiger partial charge in [0, 0.05) is 35.8 Å². The Morgan fingerprint density at radius 3 is 2.07 bits per heavy atom. The summed E-state index contributed by atoms with van der Waals surface area (Å²) in [6.07, 6.45) is 0.298. The topological polar surface area (TPSA) is 95.9 Å². The number of carboxylic acids is 1. The summed E-state index contributed by atoms with van der Waals surface area (Å²) in [7, 11) is 0. The Balaban J connectivity index is 1.61. The molecule has 42 heavy (non-hydrogen) atoms. The molecule has 0 aliphatic heterocycles. The second-order valence-corrected chi connectivity index (χ2v) is 10.00. The Bertz CT molecular complexity index is 1550. The quantitative estimate of drug-likeness (QED) is 0.187. The number of amides is 2. The largest absolute Gasteiger partial charge is 0.494 e. The minimum Gasteiger partial charge on any atom is -0.494 e. The number of halogens is 1. The van der Waals surface area contributed by atoms with E-state index in [9.17, 15) is 19.5 Å². The van der Waals surface area contributed by atoms with Crippen LogP contribution in [0, 0.1) is 0 Å². The molecule has 0 aliphatic rings. The second-order valence-electron chi connectivity index (χ2n) is 9.59. The van der Waals surface area contributed by atoms with Crippen molar-refractivity contribution >= 4 is 29.4 Å². The molecule has 0 fully saturated rings. The van der Waals surface area contributed by atoms with Gasteiger partial charge in [0.25, 0.3) is 11.8 Å². The molecule has 4 aromatic rings. The Kier molecular flexibility index (Phi) is 10.7. The maximum atomic E-state index is 14.0. The Morgan fingerprint density at radius 1 is 0.786 bits per heavy atom.